The van der Waals surface area contributed by atoms with E-state index in [-0.39, 0.29) is 0 Å². The maximum absolute atomic E-state index is 5.78. The summed E-state index contributed by atoms with van der Waals surface area (Å²) < 4.78 is 5.78. The Hall–Kier alpha value is -0.0400. The van der Waals surface area contributed by atoms with Gasteiger partial charge in [-0.1, -0.05) is 33.1 Å². The molecule has 0 spiro atoms. The van der Waals surface area contributed by atoms with Gasteiger partial charge in [-0.15, -0.1) is 0 Å². The van der Waals surface area contributed by atoms with E-state index in [1.807, 2.05) is 0 Å². The van der Waals surface area contributed by atoms with Gasteiger partial charge in [0.05, 0.1) is 6.10 Å². The molecule has 0 aromatic rings. The molecule has 1 nitrogen and oxygen atoms in total. The maximum atomic E-state index is 5.78. The second kappa shape index (κ2) is 5.58. The van der Waals surface area contributed by atoms with Crippen LogP contribution in [0.1, 0.15) is 52.4 Å². The van der Waals surface area contributed by atoms with Gasteiger partial charge in [-0.3, -0.25) is 0 Å². The molecule has 1 atom stereocenters. The first kappa shape index (κ1) is 10.0. The Kier molecular flexibility index (Phi) is 4.67. The van der Waals surface area contributed by atoms with Gasteiger partial charge in [0.1, 0.15) is 0 Å². The predicted octanol–water partition coefficient (Wildman–Crippen LogP) is 3.38. The average Bonchev–Trinajstić information content (AvgIpc) is 2.57. The van der Waals surface area contributed by atoms with Crippen molar-refractivity contribution >= 4 is 0 Å². The van der Waals surface area contributed by atoms with Gasteiger partial charge >= 0.3 is 0 Å². The highest BCUT2D eigenvalue weighted by molar-refractivity contribution is 4.66. The van der Waals surface area contributed by atoms with Crippen molar-refractivity contribution in [3.8, 4) is 0 Å². The molecule has 0 heterocycles. The summed E-state index contributed by atoms with van der Waals surface area (Å²) in [7, 11) is 0. The van der Waals surface area contributed by atoms with E-state index in [2.05, 4.69) is 13.8 Å². The summed E-state index contributed by atoms with van der Waals surface area (Å²) in [6.07, 6.45) is 8.51. The van der Waals surface area contributed by atoms with E-state index < -0.39 is 0 Å². The van der Waals surface area contributed by atoms with Crippen molar-refractivity contribution in [2.24, 2.45) is 5.92 Å². The first-order valence-electron chi connectivity index (χ1n) is 5.44. The van der Waals surface area contributed by atoms with Gasteiger partial charge in [-0.05, 0) is 25.2 Å². The summed E-state index contributed by atoms with van der Waals surface area (Å²) in [5.41, 5.74) is 0. The van der Waals surface area contributed by atoms with Crippen LogP contribution in [0.3, 0.4) is 0 Å². The number of rotatable bonds is 5. The van der Waals surface area contributed by atoms with Gasteiger partial charge < -0.3 is 4.74 Å². The first-order chi connectivity index (χ1) is 5.83. The van der Waals surface area contributed by atoms with Gasteiger partial charge in [0.15, 0.2) is 0 Å². The van der Waals surface area contributed by atoms with Crippen LogP contribution in [0, 0.1) is 5.92 Å². The van der Waals surface area contributed by atoms with Crippen molar-refractivity contribution in [2.75, 3.05) is 6.61 Å². The molecule has 0 aromatic carbocycles. The third-order valence-electron chi connectivity index (χ3n) is 2.96. The SMILES string of the molecule is CCC(C)CCOC1CCCC1. The highest BCUT2D eigenvalue weighted by atomic mass is 16.5. The lowest BCUT2D eigenvalue weighted by molar-refractivity contribution is 0.0502. The Morgan fingerprint density at radius 2 is 2.00 bits per heavy atom. The molecule has 0 bridgehead atoms. The van der Waals surface area contributed by atoms with Crippen molar-refractivity contribution in [2.45, 2.75) is 58.5 Å². The van der Waals surface area contributed by atoms with Crippen LogP contribution in [-0.4, -0.2) is 12.7 Å². The van der Waals surface area contributed by atoms with Gasteiger partial charge in [-0.25, -0.2) is 0 Å². The molecule has 0 amide bonds. The second-order valence-corrected chi connectivity index (χ2v) is 4.08. The van der Waals surface area contributed by atoms with Crippen LogP contribution in [0.25, 0.3) is 0 Å². The minimum absolute atomic E-state index is 0.606. The van der Waals surface area contributed by atoms with E-state index in [0.717, 1.165) is 12.5 Å². The summed E-state index contributed by atoms with van der Waals surface area (Å²) in [5, 5.41) is 0. The monoisotopic (exact) mass is 170 g/mol. The molecule has 0 N–H and O–H groups in total. The summed E-state index contributed by atoms with van der Waals surface area (Å²) in [6, 6.07) is 0. The molecule has 0 aromatic heterocycles. The standard InChI is InChI=1S/C11H22O/c1-3-10(2)8-9-12-11-6-4-5-7-11/h10-11H,3-9H2,1-2H3. The minimum atomic E-state index is 0.606. The van der Waals surface area contributed by atoms with Crippen LogP contribution in [0.5, 0.6) is 0 Å². The van der Waals surface area contributed by atoms with Crippen LogP contribution in [-0.2, 0) is 4.74 Å². The van der Waals surface area contributed by atoms with Gasteiger partial charge in [0.25, 0.3) is 0 Å². The Morgan fingerprint density at radius 3 is 2.58 bits per heavy atom. The fraction of sp³-hybridized carbons (Fsp3) is 1.00. The van der Waals surface area contributed by atoms with Crippen molar-refractivity contribution in [3.63, 3.8) is 0 Å². The summed E-state index contributed by atoms with van der Waals surface area (Å²) in [4.78, 5) is 0. The summed E-state index contributed by atoms with van der Waals surface area (Å²) in [6.45, 7) is 5.54. The van der Waals surface area contributed by atoms with Crippen LogP contribution in [0.2, 0.25) is 0 Å². The van der Waals surface area contributed by atoms with Gasteiger partial charge in [0.2, 0.25) is 0 Å². The topological polar surface area (TPSA) is 9.23 Å². The van der Waals surface area contributed by atoms with Crippen LogP contribution < -0.4 is 0 Å². The zero-order chi connectivity index (χ0) is 8.81. The van der Waals surface area contributed by atoms with Gasteiger partial charge in [-0.2, -0.15) is 0 Å². The lowest BCUT2D eigenvalue weighted by Crippen LogP contribution is -2.10. The molecule has 0 aliphatic heterocycles. The first-order valence-corrected chi connectivity index (χ1v) is 5.44. The fourth-order valence-corrected chi connectivity index (χ4v) is 1.70. The van der Waals surface area contributed by atoms with E-state index in [1.165, 1.54) is 38.5 Å². The predicted molar refractivity (Wildman–Crippen MR) is 52.3 cm³/mol. The number of hydrogen-bond acceptors (Lipinski definition) is 1. The third-order valence-corrected chi connectivity index (χ3v) is 2.96. The zero-order valence-electron chi connectivity index (χ0n) is 8.51. The molecule has 1 unspecified atom stereocenters. The molecule has 12 heavy (non-hydrogen) atoms. The molecular formula is C11H22O. The lowest BCUT2D eigenvalue weighted by atomic mass is 10.1. The molecule has 1 fully saturated rings. The Labute approximate surface area is 76.5 Å². The van der Waals surface area contributed by atoms with Crippen molar-refractivity contribution in [1.29, 1.82) is 0 Å². The molecule has 1 rings (SSSR count). The van der Waals surface area contributed by atoms with Crippen molar-refractivity contribution < 1.29 is 4.74 Å². The van der Waals surface area contributed by atoms with Crippen LogP contribution in [0.15, 0.2) is 0 Å². The molecule has 72 valence electrons. The van der Waals surface area contributed by atoms with E-state index >= 15 is 0 Å². The van der Waals surface area contributed by atoms with E-state index in [0.29, 0.717) is 6.10 Å². The summed E-state index contributed by atoms with van der Waals surface area (Å²) in [5.74, 6) is 0.839. The number of ether oxygens (including phenoxy) is 1. The molecular weight excluding hydrogens is 148 g/mol. The molecule has 1 aliphatic carbocycles. The quantitative estimate of drug-likeness (QED) is 0.614. The Bertz CT molecular complexity index is 106. The van der Waals surface area contributed by atoms with E-state index in [4.69, 9.17) is 4.74 Å². The van der Waals surface area contributed by atoms with Crippen molar-refractivity contribution in [1.82, 2.24) is 0 Å². The van der Waals surface area contributed by atoms with E-state index in [1.54, 1.807) is 0 Å². The molecule has 1 saturated carbocycles. The Morgan fingerprint density at radius 1 is 1.33 bits per heavy atom. The lowest BCUT2D eigenvalue weighted by Gasteiger charge is -2.13. The average molecular weight is 170 g/mol. The summed E-state index contributed by atoms with van der Waals surface area (Å²) >= 11 is 0. The normalized spacial score (nSPS) is 21.5. The molecule has 0 saturated heterocycles. The van der Waals surface area contributed by atoms with Crippen LogP contribution in [0.4, 0.5) is 0 Å². The molecule has 0 radical (unpaired) electrons. The molecule has 1 aliphatic rings. The van der Waals surface area contributed by atoms with Crippen LogP contribution >= 0.6 is 0 Å². The second-order valence-electron chi connectivity index (χ2n) is 4.08. The highest BCUT2D eigenvalue weighted by Crippen LogP contribution is 2.21. The largest absolute Gasteiger partial charge is 0.378 e. The molecule has 1 heteroatoms. The third kappa shape index (κ3) is 3.57. The minimum Gasteiger partial charge on any atom is -0.378 e. The highest BCUT2D eigenvalue weighted by Gasteiger charge is 2.14. The van der Waals surface area contributed by atoms with E-state index in [9.17, 15) is 0 Å². The smallest absolute Gasteiger partial charge is 0.0575 e. The number of hydrogen-bond donors (Lipinski definition) is 0. The Balaban J connectivity index is 1.94. The fourth-order valence-electron chi connectivity index (χ4n) is 1.70. The maximum Gasteiger partial charge on any atom is 0.0575 e. The zero-order valence-corrected chi connectivity index (χ0v) is 8.51. The van der Waals surface area contributed by atoms with Gasteiger partial charge in [0, 0.05) is 6.61 Å². The van der Waals surface area contributed by atoms with Crippen molar-refractivity contribution in [3.05, 3.63) is 0 Å².